The summed E-state index contributed by atoms with van der Waals surface area (Å²) in [7, 11) is 0. The van der Waals surface area contributed by atoms with Gasteiger partial charge in [-0.25, -0.2) is 0 Å². The van der Waals surface area contributed by atoms with Gasteiger partial charge in [0.05, 0.1) is 0 Å². The Morgan fingerprint density at radius 2 is 1.00 bits per heavy atom. The third-order valence-corrected chi connectivity index (χ3v) is 0. The Morgan fingerprint density at radius 1 is 1.00 bits per heavy atom. The fourth-order valence-electron chi connectivity index (χ4n) is 0. The summed E-state index contributed by atoms with van der Waals surface area (Å²) in [6.07, 6.45) is 0. The Kier molecular flexibility index (Phi) is 240. The van der Waals surface area contributed by atoms with Gasteiger partial charge in [-0.15, -0.1) is 0 Å². The molecule has 6 heavy (non-hydrogen) atoms. The van der Waals surface area contributed by atoms with E-state index in [0.717, 1.165) is 0 Å². The first kappa shape index (κ1) is 44.3. The third kappa shape index (κ3) is 23.1. The molecule has 0 aliphatic carbocycles. The smallest absolute Gasteiger partial charge is 0 e. The molecule has 0 saturated carbocycles. The minimum absolute atomic E-state index is 0. The number of rotatable bonds is 0. The van der Waals surface area contributed by atoms with Crippen LogP contribution in [0, 0.1) is 31.1 Å². The van der Waals surface area contributed by atoms with Crippen LogP contribution in [0.25, 0.3) is 0 Å². The molecular weight excluding hydrogens is 639 g/mol. The summed E-state index contributed by atoms with van der Waals surface area (Å²) in [6, 6.07) is 0. The molecule has 0 atom stereocenters. The SMILES string of the molecule is [Cl].[Cu].[Fe].[KH].[Pb].[U]. The van der Waals surface area contributed by atoms with E-state index in [-0.39, 0.29) is 156 Å². The van der Waals surface area contributed by atoms with E-state index in [1.807, 2.05) is 0 Å². The summed E-state index contributed by atoms with van der Waals surface area (Å²) in [5.41, 5.74) is 0. The van der Waals surface area contributed by atoms with E-state index in [4.69, 9.17) is 0 Å². The van der Waals surface area contributed by atoms with Gasteiger partial charge >= 0.3 is 51.4 Å². The molecule has 6 radical (unpaired) electrons. The van der Waals surface area contributed by atoms with Gasteiger partial charge in [-0.2, -0.15) is 0 Å². The first-order valence-electron chi connectivity index (χ1n) is 0. The van der Waals surface area contributed by atoms with Crippen LogP contribution in [0.4, 0.5) is 0 Å². The van der Waals surface area contributed by atoms with Crippen molar-refractivity contribution in [1.29, 1.82) is 0 Å². The Labute approximate surface area is 152 Å². The van der Waals surface area contributed by atoms with Gasteiger partial charge in [-0.1, -0.05) is 0 Å². The van der Waals surface area contributed by atoms with Crippen molar-refractivity contribution in [3.63, 3.8) is 0 Å². The monoisotopic (exact) mass is 640 g/mol. The Hall–Kier alpha value is 4.94. The third-order valence-electron chi connectivity index (χ3n) is 0. The summed E-state index contributed by atoms with van der Waals surface area (Å²) >= 11 is 0. The molecule has 0 saturated heterocycles. The number of hydrogen-bond acceptors (Lipinski definition) is 0. The average molecular weight is 640 g/mol. The van der Waals surface area contributed by atoms with Crippen LogP contribution >= 0.6 is 12.4 Å². The van der Waals surface area contributed by atoms with Crippen LogP contribution in [0.1, 0.15) is 0 Å². The van der Waals surface area contributed by atoms with E-state index in [2.05, 4.69) is 0 Å². The molecule has 0 aromatic rings. The molecule has 0 rings (SSSR count). The Morgan fingerprint density at radius 3 is 1.00 bits per heavy atom. The molecule has 0 spiro atoms. The van der Waals surface area contributed by atoms with Crippen LogP contribution < -0.4 is 0 Å². The van der Waals surface area contributed by atoms with Crippen LogP contribution in [0.15, 0.2) is 0 Å². The molecule has 0 amide bonds. The Bertz CT molecular complexity index is 15.5. The molecular formula is HClCuFeKPbU. The first-order valence-corrected chi connectivity index (χ1v) is 0. The van der Waals surface area contributed by atoms with Gasteiger partial charge in [-0.05, 0) is 0 Å². The van der Waals surface area contributed by atoms with Crippen molar-refractivity contribution in [3.8, 4) is 0 Å². The zero-order valence-electron chi connectivity index (χ0n) is 2.03. The molecule has 0 aromatic carbocycles. The summed E-state index contributed by atoms with van der Waals surface area (Å²) in [5, 5.41) is 0. The maximum absolute atomic E-state index is 0. The molecule has 0 nitrogen and oxygen atoms in total. The number of halogens is 1. The first-order chi connectivity index (χ1) is 0. The molecule has 6 heteroatoms. The van der Waals surface area contributed by atoms with Gasteiger partial charge in [0.2, 0.25) is 0 Å². The second-order valence-electron chi connectivity index (χ2n) is 0. The minimum Gasteiger partial charge on any atom is 0 e. The molecule has 0 N–H and O–H groups in total. The maximum Gasteiger partial charge on any atom is 0 e. The summed E-state index contributed by atoms with van der Waals surface area (Å²) in [5.74, 6) is 0. The molecule has 0 unspecified atom stereocenters. The molecule has 0 heterocycles. The van der Waals surface area contributed by atoms with Crippen LogP contribution in [0.3, 0.4) is 0 Å². The molecule has 0 fully saturated rings. The zero-order valence-corrected chi connectivity index (χ0v) is 12.9. The fraction of sp³-hybridized carbons (Fsp3) is 0. The summed E-state index contributed by atoms with van der Waals surface area (Å²) < 4.78 is 0. The van der Waals surface area contributed by atoms with E-state index in [1.165, 1.54) is 0 Å². The van der Waals surface area contributed by atoms with Crippen LogP contribution in [-0.2, 0) is 34.1 Å². The summed E-state index contributed by atoms with van der Waals surface area (Å²) in [4.78, 5) is 0. The largest absolute Gasteiger partial charge is 0 e. The van der Waals surface area contributed by atoms with Crippen molar-refractivity contribution >= 4 is 91.1 Å². The van der Waals surface area contributed by atoms with Gasteiger partial charge < -0.3 is 0 Å². The Balaban J connectivity index is 0. The second-order valence-corrected chi connectivity index (χ2v) is 0. The normalized spacial score (nSPS) is 0. The average Bonchev–Trinajstić information content (AvgIpc) is 0. The standard InChI is InChI=1S/Cl.Cu.Fe.K.Pb.U.H. The van der Waals surface area contributed by atoms with Crippen LogP contribution in [0.5, 0.6) is 0 Å². The van der Waals surface area contributed by atoms with E-state index in [0.29, 0.717) is 0 Å². The predicted molar refractivity (Wildman–Crippen MR) is 18.8 cm³/mol. The molecule has 0 aromatic heterocycles. The predicted octanol–water partition coefficient (Wildman–Crippen LogP) is -0.345. The minimum atomic E-state index is 0. The molecule has 36 valence electrons. The van der Waals surface area contributed by atoms with Crippen LogP contribution in [-0.4, -0.2) is 78.7 Å². The zero-order chi connectivity index (χ0) is 0. The van der Waals surface area contributed by atoms with Gasteiger partial charge in [0, 0.05) is 105 Å². The summed E-state index contributed by atoms with van der Waals surface area (Å²) in [6.45, 7) is 0. The van der Waals surface area contributed by atoms with Gasteiger partial charge in [-0.3, -0.25) is 0 Å². The van der Waals surface area contributed by atoms with Gasteiger partial charge in [0.25, 0.3) is 0 Å². The number of hydrogen-bond donors (Lipinski definition) is 0. The van der Waals surface area contributed by atoms with E-state index in [9.17, 15) is 0 Å². The van der Waals surface area contributed by atoms with Gasteiger partial charge in [0.15, 0.2) is 0 Å². The van der Waals surface area contributed by atoms with E-state index < -0.39 is 0 Å². The second kappa shape index (κ2) is 32.6. The molecule has 0 aliphatic rings. The van der Waals surface area contributed by atoms with E-state index >= 15 is 0 Å². The van der Waals surface area contributed by atoms with Crippen LogP contribution in [0.2, 0.25) is 0 Å². The van der Waals surface area contributed by atoms with Crippen molar-refractivity contribution in [2.24, 2.45) is 0 Å². The van der Waals surface area contributed by atoms with Crippen molar-refractivity contribution in [2.45, 2.75) is 0 Å². The van der Waals surface area contributed by atoms with E-state index in [1.54, 1.807) is 0 Å². The quantitative estimate of drug-likeness (QED) is 0.319. The van der Waals surface area contributed by atoms with Crippen molar-refractivity contribution in [3.05, 3.63) is 0 Å². The van der Waals surface area contributed by atoms with Crippen molar-refractivity contribution < 1.29 is 65.3 Å². The van der Waals surface area contributed by atoms with Crippen molar-refractivity contribution in [1.82, 2.24) is 0 Å². The topological polar surface area (TPSA) is 0 Å². The van der Waals surface area contributed by atoms with Crippen molar-refractivity contribution in [2.75, 3.05) is 0 Å². The fourth-order valence-corrected chi connectivity index (χ4v) is 0. The maximum atomic E-state index is 0. The molecule has 0 aliphatic heterocycles. The molecule has 0 bridgehead atoms. The van der Waals surface area contributed by atoms with Gasteiger partial charge in [0.1, 0.15) is 0 Å².